The van der Waals surface area contributed by atoms with Crippen LogP contribution in [0.4, 0.5) is 0 Å². The van der Waals surface area contributed by atoms with E-state index in [1.54, 1.807) is 13.3 Å². The number of likely N-dealkylation sites (tertiary alicyclic amines) is 1. The van der Waals surface area contributed by atoms with E-state index in [-0.39, 0.29) is 5.91 Å². The first kappa shape index (κ1) is 14.9. The lowest BCUT2D eigenvalue weighted by Crippen LogP contribution is -2.30. The number of carbonyl (C=O) groups is 1. The van der Waals surface area contributed by atoms with Gasteiger partial charge < -0.3 is 14.4 Å². The van der Waals surface area contributed by atoms with Gasteiger partial charge in [0, 0.05) is 38.0 Å². The standard InChI is InChI=1S/C15H22N2O3/c1-12-14(4-3-6-16-12)15(18)17-7-5-13(10-17)11-20-9-8-19-2/h3-4,6,13H,5,7-11H2,1-2H3/t13-/m1/s1. The van der Waals surface area contributed by atoms with Crippen molar-refractivity contribution in [2.24, 2.45) is 5.92 Å². The third-order valence-electron chi connectivity index (χ3n) is 3.60. The van der Waals surface area contributed by atoms with Gasteiger partial charge in [0.1, 0.15) is 0 Å². The van der Waals surface area contributed by atoms with Crippen molar-refractivity contribution < 1.29 is 14.3 Å². The third kappa shape index (κ3) is 3.77. The van der Waals surface area contributed by atoms with Gasteiger partial charge in [0.2, 0.25) is 0 Å². The molecule has 0 unspecified atom stereocenters. The van der Waals surface area contributed by atoms with E-state index in [9.17, 15) is 4.79 Å². The molecule has 1 aromatic heterocycles. The highest BCUT2D eigenvalue weighted by Gasteiger charge is 2.27. The van der Waals surface area contributed by atoms with Crippen molar-refractivity contribution in [1.29, 1.82) is 0 Å². The first-order valence-electron chi connectivity index (χ1n) is 7.00. The number of amides is 1. The lowest BCUT2D eigenvalue weighted by Gasteiger charge is -2.17. The average molecular weight is 278 g/mol. The molecule has 1 fully saturated rings. The van der Waals surface area contributed by atoms with E-state index in [4.69, 9.17) is 9.47 Å². The summed E-state index contributed by atoms with van der Waals surface area (Å²) in [6.07, 6.45) is 2.71. The summed E-state index contributed by atoms with van der Waals surface area (Å²) in [6.45, 7) is 5.35. The smallest absolute Gasteiger partial charge is 0.255 e. The van der Waals surface area contributed by atoms with Crippen molar-refractivity contribution >= 4 is 5.91 Å². The summed E-state index contributed by atoms with van der Waals surface area (Å²) >= 11 is 0. The van der Waals surface area contributed by atoms with Gasteiger partial charge in [0.05, 0.1) is 25.4 Å². The van der Waals surface area contributed by atoms with Gasteiger partial charge in [-0.2, -0.15) is 0 Å². The molecule has 1 atom stereocenters. The third-order valence-corrected chi connectivity index (χ3v) is 3.60. The van der Waals surface area contributed by atoms with Gasteiger partial charge in [-0.25, -0.2) is 0 Å². The molecule has 1 saturated heterocycles. The minimum atomic E-state index is 0.0787. The van der Waals surface area contributed by atoms with Crippen LogP contribution >= 0.6 is 0 Å². The second kappa shape index (κ2) is 7.36. The van der Waals surface area contributed by atoms with Crippen molar-refractivity contribution in [3.05, 3.63) is 29.6 Å². The molecule has 0 bridgehead atoms. The minimum absolute atomic E-state index is 0.0787. The lowest BCUT2D eigenvalue weighted by atomic mass is 10.1. The number of nitrogens with zero attached hydrogens (tertiary/aromatic N) is 2. The predicted octanol–water partition coefficient (Wildman–Crippen LogP) is 1.52. The number of carbonyl (C=O) groups excluding carboxylic acids is 1. The highest BCUT2D eigenvalue weighted by molar-refractivity contribution is 5.95. The Balaban J connectivity index is 1.83. The maximum atomic E-state index is 12.4. The van der Waals surface area contributed by atoms with Gasteiger partial charge in [-0.15, -0.1) is 0 Å². The number of hydrogen-bond acceptors (Lipinski definition) is 4. The van der Waals surface area contributed by atoms with Crippen LogP contribution in [0.5, 0.6) is 0 Å². The number of methoxy groups -OCH3 is 1. The zero-order valence-electron chi connectivity index (χ0n) is 12.2. The molecule has 5 nitrogen and oxygen atoms in total. The van der Waals surface area contributed by atoms with Gasteiger partial charge in [-0.1, -0.05) is 0 Å². The van der Waals surface area contributed by atoms with Gasteiger partial charge in [0.25, 0.3) is 5.91 Å². The molecule has 1 aromatic rings. The maximum Gasteiger partial charge on any atom is 0.255 e. The van der Waals surface area contributed by atoms with E-state index in [0.29, 0.717) is 31.3 Å². The molecule has 0 N–H and O–H groups in total. The highest BCUT2D eigenvalue weighted by Crippen LogP contribution is 2.19. The Morgan fingerprint density at radius 3 is 3.10 bits per heavy atom. The average Bonchev–Trinajstić information content (AvgIpc) is 2.92. The zero-order valence-corrected chi connectivity index (χ0v) is 12.2. The summed E-state index contributed by atoms with van der Waals surface area (Å²) in [4.78, 5) is 18.5. The number of aryl methyl sites for hydroxylation is 1. The van der Waals surface area contributed by atoms with Gasteiger partial charge in [-0.05, 0) is 25.5 Å². The van der Waals surface area contributed by atoms with Crippen LogP contribution in [0.3, 0.4) is 0 Å². The summed E-state index contributed by atoms with van der Waals surface area (Å²) < 4.78 is 10.5. The molecule has 2 rings (SSSR count). The SMILES string of the molecule is COCCOC[C@@H]1CCN(C(=O)c2cccnc2C)C1. The number of aromatic nitrogens is 1. The van der Waals surface area contributed by atoms with Crippen LogP contribution in [0.1, 0.15) is 22.5 Å². The highest BCUT2D eigenvalue weighted by atomic mass is 16.5. The van der Waals surface area contributed by atoms with E-state index >= 15 is 0 Å². The van der Waals surface area contributed by atoms with E-state index in [1.807, 2.05) is 24.0 Å². The Morgan fingerprint density at radius 2 is 2.35 bits per heavy atom. The molecule has 0 saturated carbocycles. The van der Waals surface area contributed by atoms with Crippen LogP contribution in [0.2, 0.25) is 0 Å². The van der Waals surface area contributed by atoms with Crippen molar-refractivity contribution in [2.75, 3.05) is 40.0 Å². The number of hydrogen-bond donors (Lipinski definition) is 0. The van der Waals surface area contributed by atoms with Crippen LogP contribution < -0.4 is 0 Å². The molecule has 5 heteroatoms. The molecule has 1 aliphatic heterocycles. The largest absolute Gasteiger partial charge is 0.382 e. The molecule has 0 radical (unpaired) electrons. The van der Waals surface area contributed by atoms with Crippen molar-refractivity contribution in [3.63, 3.8) is 0 Å². The van der Waals surface area contributed by atoms with Crippen LogP contribution in [-0.2, 0) is 9.47 Å². The molecule has 0 aromatic carbocycles. The Kier molecular flexibility index (Phi) is 5.49. The topological polar surface area (TPSA) is 51.7 Å². The molecule has 1 amide bonds. The molecular weight excluding hydrogens is 256 g/mol. The maximum absolute atomic E-state index is 12.4. The predicted molar refractivity (Wildman–Crippen MR) is 75.7 cm³/mol. The normalized spacial score (nSPS) is 18.5. The summed E-state index contributed by atoms with van der Waals surface area (Å²) in [5.74, 6) is 0.503. The van der Waals surface area contributed by atoms with E-state index in [2.05, 4.69) is 4.98 Å². The second-order valence-corrected chi connectivity index (χ2v) is 5.11. The molecule has 0 spiro atoms. The monoisotopic (exact) mass is 278 g/mol. The van der Waals surface area contributed by atoms with Crippen molar-refractivity contribution in [2.45, 2.75) is 13.3 Å². The fourth-order valence-electron chi connectivity index (χ4n) is 2.43. The number of rotatable bonds is 6. The first-order chi connectivity index (χ1) is 9.72. The van der Waals surface area contributed by atoms with Crippen LogP contribution in [0, 0.1) is 12.8 Å². The van der Waals surface area contributed by atoms with Crippen molar-refractivity contribution in [1.82, 2.24) is 9.88 Å². The molecule has 0 aliphatic carbocycles. The number of ether oxygens (including phenoxy) is 2. The Hall–Kier alpha value is -1.46. The zero-order chi connectivity index (χ0) is 14.4. The summed E-state index contributed by atoms with van der Waals surface area (Å²) in [5.41, 5.74) is 1.49. The van der Waals surface area contributed by atoms with E-state index in [0.717, 1.165) is 25.2 Å². The summed E-state index contributed by atoms with van der Waals surface area (Å²) in [5, 5.41) is 0. The van der Waals surface area contributed by atoms with Gasteiger partial charge in [0.15, 0.2) is 0 Å². The number of pyridine rings is 1. The van der Waals surface area contributed by atoms with E-state index in [1.165, 1.54) is 0 Å². The molecule has 110 valence electrons. The fourth-order valence-corrected chi connectivity index (χ4v) is 2.43. The summed E-state index contributed by atoms with van der Waals surface area (Å²) in [6, 6.07) is 3.65. The van der Waals surface area contributed by atoms with Crippen LogP contribution in [0.25, 0.3) is 0 Å². The molecule has 1 aliphatic rings. The summed E-state index contributed by atoms with van der Waals surface area (Å²) in [7, 11) is 1.66. The van der Waals surface area contributed by atoms with Gasteiger partial charge >= 0.3 is 0 Å². The second-order valence-electron chi connectivity index (χ2n) is 5.11. The fraction of sp³-hybridized carbons (Fsp3) is 0.600. The molecular formula is C15H22N2O3. The lowest BCUT2D eigenvalue weighted by molar-refractivity contribution is 0.0515. The van der Waals surface area contributed by atoms with Gasteiger partial charge in [-0.3, -0.25) is 9.78 Å². The Labute approximate surface area is 119 Å². The van der Waals surface area contributed by atoms with Crippen LogP contribution in [0.15, 0.2) is 18.3 Å². The Bertz CT molecular complexity index is 450. The van der Waals surface area contributed by atoms with E-state index < -0.39 is 0 Å². The molecule has 20 heavy (non-hydrogen) atoms. The van der Waals surface area contributed by atoms with Crippen molar-refractivity contribution in [3.8, 4) is 0 Å². The first-order valence-corrected chi connectivity index (χ1v) is 7.00. The quantitative estimate of drug-likeness (QED) is 0.740. The minimum Gasteiger partial charge on any atom is -0.382 e. The Morgan fingerprint density at radius 1 is 1.50 bits per heavy atom. The van der Waals surface area contributed by atoms with Crippen LogP contribution in [-0.4, -0.2) is 55.8 Å². The molecule has 2 heterocycles.